The number of nitrogens with one attached hydrogen (secondary N) is 1. The Labute approximate surface area is 202 Å². The summed E-state index contributed by atoms with van der Waals surface area (Å²) in [6, 6.07) is 13.0. The molecule has 9 nitrogen and oxygen atoms in total. The van der Waals surface area contributed by atoms with Crippen molar-refractivity contribution in [2.24, 2.45) is 5.92 Å². The van der Waals surface area contributed by atoms with Gasteiger partial charge in [0.2, 0.25) is 6.04 Å². The number of imide groups is 1. The number of nitrogens with zero attached hydrogens (tertiary/aromatic N) is 3. The smallest absolute Gasteiger partial charge is 0.290 e. The van der Waals surface area contributed by atoms with Crippen LogP contribution in [0.2, 0.25) is 0 Å². The standard InChI is InChI=1S/C26H26N4O5/c1-16(2)12-23-26(33)28(15-29-24(31)18-9-4-5-10-19(18)25(29)32)22(14-30(23,34)35-3)20-13-27-21-11-7-6-8-17(20)21/h4-11,13-14,16,23,27H,12,15H2,1-3H3. The summed E-state index contributed by atoms with van der Waals surface area (Å²) >= 11 is 0. The number of aromatic nitrogens is 1. The first kappa shape index (κ1) is 23.0. The van der Waals surface area contributed by atoms with Crippen molar-refractivity contribution >= 4 is 34.3 Å². The Balaban J connectivity index is 1.63. The summed E-state index contributed by atoms with van der Waals surface area (Å²) in [6.45, 7) is 3.52. The van der Waals surface area contributed by atoms with Crippen LogP contribution < -0.4 is 0 Å². The Kier molecular flexibility index (Phi) is 5.55. The van der Waals surface area contributed by atoms with Gasteiger partial charge in [-0.25, -0.2) is 4.84 Å². The molecule has 2 aromatic carbocycles. The molecular weight excluding hydrogens is 448 g/mol. The van der Waals surface area contributed by atoms with E-state index in [1.165, 1.54) is 18.2 Å². The van der Waals surface area contributed by atoms with Gasteiger partial charge in [-0.2, -0.15) is 4.81 Å². The molecule has 0 aliphatic carbocycles. The number of amides is 3. The largest absolute Gasteiger partial charge is 0.593 e. The normalized spacial score (nSPS) is 22.4. The number of hydroxylamine groups is 4. The van der Waals surface area contributed by atoms with Gasteiger partial charge in [-0.1, -0.05) is 44.2 Å². The van der Waals surface area contributed by atoms with Crippen LogP contribution in [0.3, 0.4) is 0 Å². The Morgan fingerprint density at radius 3 is 2.23 bits per heavy atom. The predicted octanol–water partition coefficient (Wildman–Crippen LogP) is 3.85. The molecule has 3 amide bonds. The average molecular weight is 475 g/mol. The highest BCUT2D eigenvalue weighted by molar-refractivity contribution is 6.21. The van der Waals surface area contributed by atoms with Crippen LogP contribution in [-0.4, -0.2) is 57.1 Å². The first-order valence-electron chi connectivity index (χ1n) is 11.5. The van der Waals surface area contributed by atoms with Crippen molar-refractivity contribution in [3.8, 4) is 0 Å². The van der Waals surface area contributed by atoms with Gasteiger partial charge in [0, 0.05) is 29.1 Å². The first-order valence-corrected chi connectivity index (χ1v) is 11.5. The maximum absolute atomic E-state index is 13.9. The number of fused-ring (bicyclic) bond motifs is 2. The highest BCUT2D eigenvalue weighted by atomic mass is 16.9. The molecule has 1 N–H and O–H groups in total. The lowest BCUT2D eigenvalue weighted by Crippen LogP contribution is -2.60. The fourth-order valence-electron chi connectivity index (χ4n) is 4.81. The SMILES string of the molecule is CO[N+]1([O-])C=C(c2c[nH]c3ccccc23)N(CN2C(=O)c3ccccc3C2=O)C(=O)C1CC(C)C. The van der Waals surface area contributed by atoms with Gasteiger partial charge in [-0.05, 0) is 24.1 Å². The number of rotatable bonds is 6. The molecule has 5 rings (SSSR count). The van der Waals surface area contributed by atoms with E-state index >= 15 is 0 Å². The van der Waals surface area contributed by atoms with Crippen LogP contribution in [0.4, 0.5) is 0 Å². The number of carbonyl (C=O) groups is 3. The monoisotopic (exact) mass is 474 g/mol. The maximum Gasteiger partial charge on any atom is 0.290 e. The number of hydrogen-bond acceptors (Lipinski definition) is 5. The highest BCUT2D eigenvalue weighted by Crippen LogP contribution is 2.37. The summed E-state index contributed by atoms with van der Waals surface area (Å²) in [7, 11) is 1.27. The van der Waals surface area contributed by atoms with Gasteiger partial charge in [0.25, 0.3) is 17.7 Å². The molecule has 2 unspecified atom stereocenters. The number of hydrogen-bond donors (Lipinski definition) is 1. The Bertz CT molecular complexity index is 1340. The first-order chi connectivity index (χ1) is 16.7. The minimum Gasteiger partial charge on any atom is -0.593 e. The number of carbonyl (C=O) groups excluding carboxylic acids is 3. The van der Waals surface area contributed by atoms with Crippen molar-refractivity contribution < 1.29 is 24.0 Å². The lowest BCUT2D eigenvalue weighted by molar-refractivity contribution is -1.04. The third kappa shape index (κ3) is 3.65. The van der Waals surface area contributed by atoms with E-state index in [4.69, 9.17) is 4.84 Å². The topological polar surface area (TPSA) is 106 Å². The zero-order valence-electron chi connectivity index (χ0n) is 19.7. The number of aromatic amines is 1. The van der Waals surface area contributed by atoms with Gasteiger partial charge >= 0.3 is 0 Å². The molecule has 0 saturated carbocycles. The second-order valence-corrected chi connectivity index (χ2v) is 9.23. The van der Waals surface area contributed by atoms with Crippen LogP contribution in [0.25, 0.3) is 16.6 Å². The summed E-state index contributed by atoms with van der Waals surface area (Å²) < 4.78 is 0. The molecule has 35 heavy (non-hydrogen) atoms. The van der Waals surface area contributed by atoms with Gasteiger partial charge < -0.3 is 10.2 Å². The van der Waals surface area contributed by atoms with E-state index in [1.54, 1.807) is 30.5 Å². The van der Waals surface area contributed by atoms with E-state index < -0.39 is 28.6 Å². The van der Waals surface area contributed by atoms with Crippen LogP contribution in [0.15, 0.2) is 60.9 Å². The van der Waals surface area contributed by atoms with Crippen molar-refractivity contribution in [2.75, 3.05) is 13.8 Å². The van der Waals surface area contributed by atoms with E-state index in [-0.39, 0.29) is 24.7 Å². The summed E-state index contributed by atoms with van der Waals surface area (Å²) in [5.41, 5.74) is 2.29. The van der Waals surface area contributed by atoms with E-state index in [0.29, 0.717) is 16.7 Å². The van der Waals surface area contributed by atoms with E-state index in [0.717, 1.165) is 15.8 Å². The molecule has 180 valence electrons. The summed E-state index contributed by atoms with van der Waals surface area (Å²) in [6.07, 6.45) is 3.33. The number of para-hydroxylation sites is 1. The number of H-pyrrole nitrogens is 1. The molecule has 2 atom stereocenters. The predicted molar refractivity (Wildman–Crippen MR) is 129 cm³/mol. The van der Waals surface area contributed by atoms with Crippen LogP contribution in [0, 0.1) is 11.1 Å². The molecule has 1 aromatic heterocycles. The molecule has 0 saturated heterocycles. The maximum atomic E-state index is 13.9. The summed E-state index contributed by atoms with van der Waals surface area (Å²) in [4.78, 5) is 49.7. The van der Waals surface area contributed by atoms with Gasteiger partial charge in [0.05, 0.1) is 18.2 Å². The zero-order valence-corrected chi connectivity index (χ0v) is 19.7. The quantitative estimate of drug-likeness (QED) is 0.332. The molecular formula is C26H26N4O5. The summed E-state index contributed by atoms with van der Waals surface area (Å²) in [5.74, 6) is -1.42. The minimum atomic E-state index is -1.29. The zero-order chi connectivity index (χ0) is 24.9. The van der Waals surface area contributed by atoms with E-state index in [1.807, 2.05) is 38.1 Å². The molecule has 0 radical (unpaired) electrons. The fraction of sp³-hybridized carbons (Fsp3) is 0.269. The summed E-state index contributed by atoms with van der Waals surface area (Å²) in [5, 5.41) is 14.5. The van der Waals surface area contributed by atoms with Crippen molar-refractivity contribution in [3.63, 3.8) is 0 Å². The Hall–Kier alpha value is -3.79. The molecule has 2 aliphatic heterocycles. The molecule has 0 fully saturated rings. The van der Waals surface area contributed by atoms with Gasteiger partial charge in [-0.3, -0.25) is 24.2 Å². The van der Waals surface area contributed by atoms with Crippen molar-refractivity contribution in [2.45, 2.75) is 26.3 Å². The van der Waals surface area contributed by atoms with Crippen molar-refractivity contribution in [3.05, 3.63) is 82.8 Å². The van der Waals surface area contributed by atoms with Crippen LogP contribution in [0.5, 0.6) is 0 Å². The second-order valence-electron chi connectivity index (χ2n) is 9.23. The lowest BCUT2D eigenvalue weighted by atomic mass is 9.99. The van der Waals surface area contributed by atoms with Crippen molar-refractivity contribution in [1.29, 1.82) is 0 Å². The molecule has 0 spiro atoms. The van der Waals surface area contributed by atoms with Crippen LogP contribution in [0.1, 0.15) is 46.5 Å². The molecule has 9 heteroatoms. The number of benzene rings is 2. The Morgan fingerprint density at radius 2 is 1.60 bits per heavy atom. The van der Waals surface area contributed by atoms with Gasteiger partial charge in [0.1, 0.15) is 12.4 Å². The lowest BCUT2D eigenvalue weighted by Gasteiger charge is -2.47. The third-order valence-electron chi connectivity index (χ3n) is 6.58. The minimum absolute atomic E-state index is 0.0368. The van der Waals surface area contributed by atoms with Crippen LogP contribution in [-0.2, 0) is 9.63 Å². The Morgan fingerprint density at radius 1 is 0.971 bits per heavy atom. The van der Waals surface area contributed by atoms with Crippen LogP contribution >= 0.6 is 0 Å². The highest BCUT2D eigenvalue weighted by Gasteiger charge is 2.48. The number of quaternary nitrogens is 1. The third-order valence-corrected chi connectivity index (χ3v) is 6.58. The van der Waals surface area contributed by atoms with E-state index in [9.17, 15) is 19.6 Å². The second kappa shape index (κ2) is 8.46. The van der Waals surface area contributed by atoms with E-state index in [2.05, 4.69) is 4.98 Å². The molecule has 3 aromatic rings. The average Bonchev–Trinajstić information content (AvgIpc) is 3.38. The van der Waals surface area contributed by atoms with Crippen molar-refractivity contribution in [1.82, 2.24) is 14.8 Å². The van der Waals surface area contributed by atoms with Gasteiger partial charge in [0.15, 0.2) is 6.20 Å². The fourth-order valence-corrected chi connectivity index (χ4v) is 4.81. The molecule has 0 bridgehead atoms. The van der Waals surface area contributed by atoms with Gasteiger partial charge in [-0.15, -0.1) is 0 Å². The molecule has 3 heterocycles. The molecule has 2 aliphatic rings.